The van der Waals surface area contributed by atoms with Crippen LogP contribution in [0.25, 0.3) is 0 Å². The first-order chi connectivity index (χ1) is 10.7. The van der Waals surface area contributed by atoms with E-state index in [1.807, 2.05) is 49.4 Å². The molecule has 0 spiro atoms. The quantitative estimate of drug-likeness (QED) is 0.768. The van der Waals surface area contributed by atoms with Gasteiger partial charge >= 0.3 is 0 Å². The molecule has 0 bridgehead atoms. The summed E-state index contributed by atoms with van der Waals surface area (Å²) in [6.07, 6.45) is 0. The van der Waals surface area contributed by atoms with Gasteiger partial charge in [-0.1, -0.05) is 47.2 Å². The van der Waals surface area contributed by atoms with Gasteiger partial charge in [0.2, 0.25) is 10.3 Å². The molecule has 0 aliphatic carbocycles. The van der Waals surface area contributed by atoms with Gasteiger partial charge in [0, 0.05) is 11.3 Å². The Morgan fingerprint density at radius 3 is 2.36 bits per heavy atom. The molecule has 0 fully saturated rings. The first kappa shape index (κ1) is 14.2. The number of rotatable bonds is 4. The first-order valence-electron chi connectivity index (χ1n) is 6.74. The second-order valence-corrected chi connectivity index (χ2v) is 5.70. The Labute approximate surface area is 132 Å². The lowest BCUT2D eigenvalue weighted by Crippen LogP contribution is -2.11. The predicted octanol–water partition coefficient (Wildman–Crippen LogP) is 3.84. The van der Waals surface area contributed by atoms with Crippen LogP contribution in [-0.2, 0) is 0 Å². The molecule has 110 valence electrons. The third kappa shape index (κ3) is 3.48. The molecule has 2 aromatic carbocycles. The Morgan fingerprint density at radius 2 is 1.64 bits per heavy atom. The maximum Gasteiger partial charge on any atom is 0.257 e. The Bertz CT molecular complexity index is 768. The number of benzene rings is 2. The van der Waals surface area contributed by atoms with E-state index >= 15 is 0 Å². The van der Waals surface area contributed by atoms with Crippen LogP contribution in [0.15, 0.2) is 54.6 Å². The van der Waals surface area contributed by atoms with Gasteiger partial charge in [-0.15, -0.1) is 10.2 Å². The number of carbonyl (C=O) groups is 1. The van der Waals surface area contributed by atoms with Crippen LogP contribution in [0.4, 0.5) is 16.0 Å². The van der Waals surface area contributed by atoms with Gasteiger partial charge in [-0.05, 0) is 31.2 Å². The molecule has 1 aromatic heterocycles. The fourth-order valence-corrected chi connectivity index (χ4v) is 2.50. The highest BCUT2D eigenvalue weighted by molar-refractivity contribution is 7.19. The zero-order valence-electron chi connectivity index (χ0n) is 11.9. The molecule has 0 aliphatic rings. The zero-order valence-corrected chi connectivity index (χ0v) is 12.7. The summed E-state index contributed by atoms with van der Waals surface area (Å²) in [5.41, 5.74) is 2.71. The van der Waals surface area contributed by atoms with E-state index in [1.165, 1.54) is 16.9 Å². The van der Waals surface area contributed by atoms with Gasteiger partial charge < -0.3 is 5.32 Å². The summed E-state index contributed by atoms with van der Waals surface area (Å²) in [6, 6.07) is 17.0. The second kappa shape index (κ2) is 6.36. The minimum atomic E-state index is -0.196. The van der Waals surface area contributed by atoms with Crippen LogP contribution in [-0.4, -0.2) is 16.1 Å². The molecule has 0 saturated carbocycles. The summed E-state index contributed by atoms with van der Waals surface area (Å²) in [4.78, 5) is 12.0. The zero-order chi connectivity index (χ0) is 15.4. The Hall–Kier alpha value is -2.73. The molecule has 0 aliphatic heterocycles. The molecule has 2 N–H and O–H groups in total. The topological polar surface area (TPSA) is 66.9 Å². The number of anilines is 3. The summed E-state index contributed by atoms with van der Waals surface area (Å²) >= 11 is 1.29. The van der Waals surface area contributed by atoms with Crippen molar-refractivity contribution in [3.63, 3.8) is 0 Å². The van der Waals surface area contributed by atoms with E-state index in [4.69, 9.17) is 0 Å². The van der Waals surface area contributed by atoms with Crippen LogP contribution >= 0.6 is 11.3 Å². The lowest BCUT2D eigenvalue weighted by atomic mass is 10.2. The monoisotopic (exact) mass is 310 g/mol. The highest BCUT2D eigenvalue weighted by Crippen LogP contribution is 2.24. The minimum Gasteiger partial charge on any atom is -0.330 e. The smallest absolute Gasteiger partial charge is 0.257 e. The maximum atomic E-state index is 12.0. The molecular formula is C16H14N4OS. The second-order valence-electron chi connectivity index (χ2n) is 4.72. The number of amides is 1. The van der Waals surface area contributed by atoms with Gasteiger partial charge in [-0.3, -0.25) is 10.1 Å². The van der Waals surface area contributed by atoms with E-state index in [-0.39, 0.29) is 5.91 Å². The van der Waals surface area contributed by atoms with Crippen molar-refractivity contribution >= 4 is 33.2 Å². The maximum absolute atomic E-state index is 12.0. The van der Waals surface area contributed by atoms with Crippen LogP contribution in [0.2, 0.25) is 0 Å². The molecule has 6 heteroatoms. The molecule has 0 saturated heterocycles. The molecule has 0 atom stereocenters. The van der Waals surface area contributed by atoms with Gasteiger partial charge in [-0.2, -0.15) is 0 Å². The fraction of sp³-hybridized carbons (Fsp3) is 0.0625. The Balaban J connectivity index is 1.66. The van der Waals surface area contributed by atoms with Gasteiger partial charge in [0.15, 0.2) is 0 Å². The van der Waals surface area contributed by atoms with Crippen LogP contribution in [0.1, 0.15) is 15.9 Å². The first-order valence-corrected chi connectivity index (χ1v) is 7.56. The molecule has 22 heavy (non-hydrogen) atoms. The number of aryl methyl sites for hydroxylation is 1. The van der Waals surface area contributed by atoms with Crippen LogP contribution < -0.4 is 10.6 Å². The highest BCUT2D eigenvalue weighted by atomic mass is 32.1. The van der Waals surface area contributed by atoms with Gasteiger partial charge in [0.25, 0.3) is 5.91 Å². The van der Waals surface area contributed by atoms with Crippen LogP contribution in [0.5, 0.6) is 0 Å². The van der Waals surface area contributed by atoms with Crippen molar-refractivity contribution in [1.29, 1.82) is 0 Å². The standard InChI is InChI=1S/C16H14N4OS/c1-11-7-9-13(10-8-11)17-15-19-20-16(22-15)18-14(21)12-5-3-2-4-6-12/h2-10H,1H3,(H,17,19)(H,18,20,21). The number of hydrogen-bond donors (Lipinski definition) is 2. The van der Waals surface area contributed by atoms with E-state index in [9.17, 15) is 4.79 Å². The fourth-order valence-electron chi connectivity index (χ4n) is 1.84. The molecule has 1 amide bonds. The Morgan fingerprint density at radius 1 is 0.955 bits per heavy atom. The number of nitrogens with one attached hydrogen (secondary N) is 2. The molecule has 3 aromatic rings. The van der Waals surface area contributed by atoms with Crippen LogP contribution in [0, 0.1) is 6.92 Å². The Kier molecular flexibility index (Phi) is 4.11. The van der Waals surface area contributed by atoms with Crippen molar-refractivity contribution in [2.75, 3.05) is 10.6 Å². The summed E-state index contributed by atoms with van der Waals surface area (Å²) < 4.78 is 0. The predicted molar refractivity (Wildman–Crippen MR) is 88.8 cm³/mol. The van der Waals surface area contributed by atoms with Crippen molar-refractivity contribution in [3.05, 3.63) is 65.7 Å². The van der Waals surface area contributed by atoms with Crippen LogP contribution in [0.3, 0.4) is 0 Å². The summed E-state index contributed by atoms with van der Waals surface area (Å²) in [6.45, 7) is 2.03. The largest absolute Gasteiger partial charge is 0.330 e. The molecular weight excluding hydrogens is 296 g/mol. The van der Waals surface area contributed by atoms with Crippen molar-refractivity contribution < 1.29 is 4.79 Å². The number of hydrogen-bond acceptors (Lipinski definition) is 5. The van der Waals surface area contributed by atoms with Crippen molar-refractivity contribution in [2.24, 2.45) is 0 Å². The van der Waals surface area contributed by atoms with Gasteiger partial charge in [-0.25, -0.2) is 0 Å². The molecule has 3 rings (SSSR count). The van der Waals surface area contributed by atoms with Crippen molar-refractivity contribution in [1.82, 2.24) is 10.2 Å². The normalized spacial score (nSPS) is 10.2. The van der Waals surface area contributed by atoms with E-state index in [2.05, 4.69) is 20.8 Å². The summed E-state index contributed by atoms with van der Waals surface area (Å²) in [5.74, 6) is -0.196. The minimum absolute atomic E-state index is 0.196. The van der Waals surface area contributed by atoms with Gasteiger partial charge in [0.05, 0.1) is 0 Å². The SMILES string of the molecule is Cc1ccc(Nc2nnc(NC(=O)c3ccccc3)s2)cc1. The third-order valence-electron chi connectivity index (χ3n) is 2.98. The van der Waals surface area contributed by atoms with E-state index in [0.29, 0.717) is 15.8 Å². The highest BCUT2D eigenvalue weighted by Gasteiger charge is 2.09. The molecule has 5 nitrogen and oxygen atoms in total. The lowest BCUT2D eigenvalue weighted by molar-refractivity contribution is 0.102. The lowest BCUT2D eigenvalue weighted by Gasteiger charge is -2.01. The van der Waals surface area contributed by atoms with Crippen molar-refractivity contribution in [3.8, 4) is 0 Å². The summed E-state index contributed by atoms with van der Waals surface area (Å²) in [5, 5.41) is 15.0. The van der Waals surface area contributed by atoms with Gasteiger partial charge in [0.1, 0.15) is 0 Å². The molecule has 0 unspecified atom stereocenters. The van der Waals surface area contributed by atoms with E-state index in [1.54, 1.807) is 12.1 Å². The number of carbonyl (C=O) groups excluding carboxylic acids is 1. The van der Waals surface area contributed by atoms with E-state index < -0.39 is 0 Å². The molecule has 1 heterocycles. The number of nitrogens with zero attached hydrogens (tertiary/aromatic N) is 2. The third-order valence-corrected chi connectivity index (χ3v) is 3.74. The average Bonchev–Trinajstić information content (AvgIpc) is 2.97. The summed E-state index contributed by atoms with van der Waals surface area (Å²) in [7, 11) is 0. The average molecular weight is 310 g/mol. The molecule has 0 radical (unpaired) electrons. The van der Waals surface area contributed by atoms with Crippen molar-refractivity contribution in [2.45, 2.75) is 6.92 Å². The number of aromatic nitrogens is 2. The van der Waals surface area contributed by atoms with E-state index in [0.717, 1.165) is 5.69 Å².